The van der Waals surface area contributed by atoms with Crippen molar-refractivity contribution in [3.05, 3.63) is 41.5 Å². The second-order valence-corrected chi connectivity index (χ2v) is 7.16. The van der Waals surface area contributed by atoms with Gasteiger partial charge in [0.05, 0.1) is 5.69 Å². The maximum atomic E-state index is 12.8. The molecule has 2 heterocycles. The minimum absolute atomic E-state index is 0.0592. The second kappa shape index (κ2) is 5.23. The summed E-state index contributed by atoms with van der Waals surface area (Å²) >= 11 is 0. The first-order chi connectivity index (χ1) is 10.00. The zero-order chi connectivity index (χ0) is 15.0. The zero-order valence-corrected chi connectivity index (χ0v) is 12.8. The van der Waals surface area contributed by atoms with Gasteiger partial charge in [-0.05, 0) is 38.8 Å². The summed E-state index contributed by atoms with van der Waals surface area (Å²) in [7, 11) is -3.55. The van der Waals surface area contributed by atoms with Crippen LogP contribution in [-0.2, 0) is 16.6 Å². The minimum Gasteiger partial charge on any atom is -0.361 e. The van der Waals surface area contributed by atoms with Gasteiger partial charge in [0.1, 0.15) is 10.7 Å². The summed E-state index contributed by atoms with van der Waals surface area (Å²) in [5.74, 6) is 0.666. The fourth-order valence-corrected chi connectivity index (χ4v) is 3.91. The Morgan fingerprint density at radius 3 is 2.67 bits per heavy atom. The first-order valence-electron chi connectivity index (χ1n) is 6.84. The number of hydrogen-bond acceptors (Lipinski definition) is 5. The summed E-state index contributed by atoms with van der Waals surface area (Å²) in [6, 6.07) is 3.27. The number of pyridine rings is 1. The van der Waals surface area contributed by atoms with E-state index in [0.717, 1.165) is 24.1 Å². The van der Waals surface area contributed by atoms with Gasteiger partial charge in [-0.25, -0.2) is 8.42 Å². The maximum Gasteiger partial charge on any atom is 0.245 e. The number of rotatable bonds is 5. The first kappa shape index (κ1) is 14.2. The van der Waals surface area contributed by atoms with Gasteiger partial charge >= 0.3 is 0 Å². The lowest BCUT2D eigenvalue weighted by Gasteiger charge is -2.21. The molecule has 0 bridgehead atoms. The summed E-state index contributed by atoms with van der Waals surface area (Å²) in [5, 5.41) is 3.89. The third-order valence-corrected chi connectivity index (χ3v) is 5.57. The van der Waals surface area contributed by atoms with Crippen LogP contribution in [0.15, 0.2) is 33.9 Å². The molecule has 21 heavy (non-hydrogen) atoms. The molecule has 0 radical (unpaired) electrons. The first-order valence-corrected chi connectivity index (χ1v) is 8.28. The van der Waals surface area contributed by atoms with E-state index in [1.54, 1.807) is 25.3 Å². The average Bonchev–Trinajstić information content (AvgIpc) is 3.26. The Kier molecular flexibility index (Phi) is 3.54. The van der Waals surface area contributed by atoms with E-state index in [1.807, 2.05) is 6.92 Å². The molecule has 0 atom stereocenters. The molecule has 6 nitrogen and oxygen atoms in total. The quantitative estimate of drug-likeness (QED) is 0.845. The molecular formula is C14H17N3O3S. The van der Waals surface area contributed by atoms with E-state index < -0.39 is 10.0 Å². The van der Waals surface area contributed by atoms with Crippen LogP contribution in [-0.4, -0.2) is 28.9 Å². The predicted octanol–water partition coefficient (Wildman–Crippen LogP) is 2.04. The van der Waals surface area contributed by atoms with Crippen LogP contribution in [0.1, 0.15) is 29.9 Å². The third kappa shape index (κ3) is 2.71. The largest absolute Gasteiger partial charge is 0.361 e. The lowest BCUT2D eigenvalue weighted by molar-refractivity contribution is 0.380. The van der Waals surface area contributed by atoms with Crippen LogP contribution in [0.25, 0.3) is 0 Å². The molecule has 7 heteroatoms. The fourth-order valence-electron chi connectivity index (χ4n) is 2.29. The topological polar surface area (TPSA) is 76.3 Å². The van der Waals surface area contributed by atoms with Crippen LogP contribution >= 0.6 is 0 Å². The van der Waals surface area contributed by atoms with Gasteiger partial charge < -0.3 is 4.52 Å². The van der Waals surface area contributed by atoms with Crippen molar-refractivity contribution >= 4 is 10.0 Å². The van der Waals surface area contributed by atoms with Crippen LogP contribution in [0.4, 0.5) is 0 Å². The van der Waals surface area contributed by atoms with Gasteiger partial charge in [0.25, 0.3) is 0 Å². The van der Waals surface area contributed by atoms with E-state index in [4.69, 9.17) is 4.52 Å². The third-order valence-electron chi connectivity index (χ3n) is 3.69. The van der Waals surface area contributed by atoms with Gasteiger partial charge in [-0.2, -0.15) is 4.31 Å². The van der Waals surface area contributed by atoms with Crippen molar-refractivity contribution < 1.29 is 12.9 Å². The molecule has 1 fully saturated rings. The van der Waals surface area contributed by atoms with Crippen molar-refractivity contribution in [1.82, 2.24) is 14.4 Å². The summed E-state index contributed by atoms with van der Waals surface area (Å²) in [6.07, 6.45) is 4.73. The zero-order valence-electron chi connectivity index (χ0n) is 12.0. The molecule has 2 aromatic heterocycles. The number of aryl methyl sites for hydroxylation is 2. The highest BCUT2D eigenvalue weighted by Gasteiger charge is 2.39. The highest BCUT2D eigenvalue weighted by Crippen LogP contribution is 2.34. The van der Waals surface area contributed by atoms with E-state index in [0.29, 0.717) is 12.3 Å². The monoisotopic (exact) mass is 307 g/mol. The summed E-state index contributed by atoms with van der Waals surface area (Å²) in [5.41, 5.74) is 1.58. The molecule has 0 amide bonds. The number of aromatic nitrogens is 2. The molecule has 0 unspecified atom stereocenters. The van der Waals surface area contributed by atoms with E-state index in [1.165, 1.54) is 10.5 Å². The molecule has 2 aromatic rings. The normalized spacial score (nSPS) is 15.6. The van der Waals surface area contributed by atoms with Gasteiger partial charge in [-0.1, -0.05) is 5.16 Å². The molecule has 112 valence electrons. The summed E-state index contributed by atoms with van der Waals surface area (Å²) in [6.45, 7) is 3.92. The van der Waals surface area contributed by atoms with Crippen molar-refractivity contribution in [2.45, 2.75) is 44.2 Å². The second-order valence-electron chi connectivity index (χ2n) is 5.27. The van der Waals surface area contributed by atoms with E-state index in [2.05, 4.69) is 10.1 Å². The standard InChI is InChI=1S/C14H17N3O3S/c1-10-14(11(2)20-16-10)9-17(12-5-6-12)21(18,19)13-4-3-7-15-8-13/h3-4,7-8,12H,5-6,9H2,1-2H3. The van der Waals surface area contributed by atoms with Crippen molar-refractivity contribution in [3.8, 4) is 0 Å². The van der Waals surface area contributed by atoms with Gasteiger partial charge in [0, 0.05) is 30.5 Å². The highest BCUT2D eigenvalue weighted by atomic mass is 32.2. The highest BCUT2D eigenvalue weighted by molar-refractivity contribution is 7.89. The van der Waals surface area contributed by atoms with Gasteiger partial charge in [-0.15, -0.1) is 0 Å². The van der Waals surface area contributed by atoms with E-state index >= 15 is 0 Å². The van der Waals surface area contributed by atoms with Gasteiger partial charge in [0.15, 0.2) is 0 Å². The fraction of sp³-hybridized carbons (Fsp3) is 0.429. The Balaban J connectivity index is 1.96. The molecule has 0 spiro atoms. The molecule has 0 N–H and O–H groups in total. The Morgan fingerprint density at radius 2 is 2.14 bits per heavy atom. The van der Waals surface area contributed by atoms with E-state index in [9.17, 15) is 8.42 Å². The van der Waals surface area contributed by atoms with Crippen LogP contribution < -0.4 is 0 Å². The Bertz CT molecular complexity index is 717. The van der Waals surface area contributed by atoms with Crippen molar-refractivity contribution in [2.75, 3.05) is 0 Å². The molecular weight excluding hydrogens is 290 g/mol. The van der Waals surface area contributed by atoms with Crippen molar-refractivity contribution in [3.63, 3.8) is 0 Å². The molecule has 1 aliphatic rings. The van der Waals surface area contributed by atoms with Gasteiger partial charge in [-0.3, -0.25) is 4.98 Å². The maximum absolute atomic E-state index is 12.8. The Hall–Kier alpha value is -1.73. The summed E-state index contributed by atoms with van der Waals surface area (Å²) in [4.78, 5) is 4.13. The van der Waals surface area contributed by atoms with Crippen molar-refractivity contribution in [1.29, 1.82) is 0 Å². The molecule has 0 aromatic carbocycles. The number of hydrogen-bond donors (Lipinski definition) is 0. The predicted molar refractivity (Wildman–Crippen MR) is 76.0 cm³/mol. The number of sulfonamides is 1. The van der Waals surface area contributed by atoms with Crippen LogP contribution in [0.2, 0.25) is 0 Å². The lowest BCUT2D eigenvalue weighted by atomic mass is 10.2. The van der Waals surface area contributed by atoms with Crippen LogP contribution in [0.5, 0.6) is 0 Å². The minimum atomic E-state index is -3.55. The Morgan fingerprint density at radius 1 is 1.38 bits per heavy atom. The van der Waals surface area contributed by atoms with E-state index in [-0.39, 0.29) is 10.9 Å². The molecule has 3 rings (SSSR count). The summed E-state index contributed by atoms with van der Waals surface area (Å²) < 4.78 is 32.3. The number of nitrogens with zero attached hydrogens (tertiary/aromatic N) is 3. The molecule has 1 aliphatic carbocycles. The SMILES string of the molecule is Cc1noc(C)c1CN(C1CC1)S(=O)(=O)c1cccnc1. The van der Waals surface area contributed by atoms with Crippen LogP contribution in [0.3, 0.4) is 0 Å². The Labute approximate surface area is 123 Å². The van der Waals surface area contributed by atoms with Crippen LogP contribution in [0, 0.1) is 13.8 Å². The smallest absolute Gasteiger partial charge is 0.245 e. The lowest BCUT2D eigenvalue weighted by Crippen LogP contribution is -2.33. The molecule has 0 saturated heterocycles. The molecule has 0 aliphatic heterocycles. The average molecular weight is 307 g/mol. The van der Waals surface area contributed by atoms with Crippen molar-refractivity contribution in [2.24, 2.45) is 0 Å². The van der Waals surface area contributed by atoms with Gasteiger partial charge in [0.2, 0.25) is 10.0 Å². The molecule has 1 saturated carbocycles.